The Morgan fingerprint density at radius 2 is 1.51 bits per heavy atom. The molecule has 0 saturated carbocycles. The van der Waals surface area contributed by atoms with Gasteiger partial charge in [0, 0.05) is 0 Å². The van der Waals surface area contributed by atoms with Crippen molar-refractivity contribution < 1.29 is 38.0 Å². The van der Waals surface area contributed by atoms with Crippen molar-refractivity contribution in [2.75, 3.05) is 6.61 Å². The molecule has 0 bridgehead atoms. The molecule has 0 N–H and O–H groups in total. The number of nitrogens with zero attached hydrogens (tertiary/aromatic N) is 1. The first-order valence-corrected chi connectivity index (χ1v) is 12.4. The third-order valence-corrected chi connectivity index (χ3v) is 5.76. The van der Waals surface area contributed by atoms with Gasteiger partial charge in [-0.25, -0.2) is 14.6 Å². The lowest BCUT2D eigenvalue weighted by molar-refractivity contribution is -0.256. The lowest BCUT2D eigenvalue weighted by Crippen LogP contribution is -2.59. The average molecular weight is 573 g/mol. The minimum atomic E-state index is -1.98. The Morgan fingerprint density at radius 1 is 0.946 bits per heavy atom. The van der Waals surface area contributed by atoms with E-state index in [1.54, 1.807) is 74.5 Å². The Labute approximate surface area is 228 Å². The quantitative estimate of drug-likeness (QED) is 0.155. The van der Waals surface area contributed by atoms with Gasteiger partial charge in [0.25, 0.3) is 3.92 Å². The van der Waals surface area contributed by atoms with Crippen molar-refractivity contribution in [3.63, 3.8) is 0 Å². The van der Waals surface area contributed by atoms with E-state index in [0.29, 0.717) is 11.1 Å². The van der Waals surface area contributed by atoms with Crippen LogP contribution in [-0.4, -0.2) is 65.4 Å². The number of aliphatic imine (C=N–C) groups is 1. The number of carbonyl (C=O) groups is 2. The van der Waals surface area contributed by atoms with E-state index in [4.69, 9.17) is 63.2 Å². The van der Waals surface area contributed by atoms with Crippen LogP contribution in [0.1, 0.15) is 34.6 Å². The van der Waals surface area contributed by atoms with Gasteiger partial charge in [-0.1, -0.05) is 71.2 Å². The van der Waals surface area contributed by atoms with Crippen LogP contribution in [-0.2, 0) is 28.4 Å². The van der Waals surface area contributed by atoms with E-state index < -0.39 is 52.3 Å². The van der Waals surface area contributed by atoms with E-state index in [1.165, 1.54) is 0 Å². The van der Waals surface area contributed by atoms with Crippen molar-refractivity contribution in [3.05, 3.63) is 71.8 Å². The molecule has 0 spiro atoms. The summed E-state index contributed by atoms with van der Waals surface area (Å²) in [6, 6.07) is 16.9. The average Bonchev–Trinajstić information content (AvgIpc) is 3.19. The van der Waals surface area contributed by atoms with Crippen molar-refractivity contribution in [1.82, 2.24) is 0 Å². The molecule has 12 heteroatoms. The van der Waals surface area contributed by atoms with Gasteiger partial charge in [-0.2, -0.15) is 0 Å². The maximum Gasteiger partial charge on any atom is 0.338 e. The molecule has 2 aliphatic rings. The van der Waals surface area contributed by atoms with Crippen LogP contribution in [0.25, 0.3) is 0 Å². The molecule has 2 aliphatic heterocycles. The fourth-order valence-electron chi connectivity index (χ4n) is 3.94. The van der Waals surface area contributed by atoms with Crippen LogP contribution in [0.3, 0.4) is 0 Å². The summed E-state index contributed by atoms with van der Waals surface area (Å²) in [5.41, 5.74) is 0.681. The summed E-state index contributed by atoms with van der Waals surface area (Å²) in [4.78, 5) is 29.1. The summed E-state index contributed by atoms with van der Waals surface area (Å²) < 4.78 is 33.0. The van der Waals surface area contributed by atoms with Crippen molar-refractivity contribution in [2.24, 2.45) is 4.99 Å². The summed E-state index contributed by atoms with van der Waals surface area (Å²) in [5, 5.41) is 0. The maximum atomic E-state index is 12.9. The number of hydrogen-bond acceptors (Lipinski definition) is 9. The standard InChI is InChI=1S/C25H24Cl3NO8/c1-24(2)36-18-17(13-32-21(30)15-9-5-3-6-10-15)34-23(33-14-29-25(26,27)28)20(19(18)37-24)35-22(31)16-11-7-4-8-12-16/h3-12,14,17-20,23H,13H2,1-2H3/b29-14+/t17-,18+,19+,20-,23-/m1/s1. The van der Waals surface area contributed by atoms with Gasteiger partial charge in [0.1, 0.15) is 24.9 Å². The van der Waals surface area contributed by atoms with Crippen LogP contribution in [0.5, 0.6) is 0 Å². The minimum absolute atomic E-state index is 0.199. The Balaban J connectivity index is 1.57. The highest BCUT2D eigenvalue weighted by molar-refractivity contribution is 6.67. The number of ether oxygens (including phenoxy) is 6. The van der Waals surface area contributed by atoms with E-state index in [-0.39, 0.29) is 6.61 Å². The molecule has 37 heavy (non-hydrogen) atoms. The molecule has 2 aromatic rings. The molecule has 9 nitrogen and oxygen atoms in total. The van der Waals surface area contributed by atoms with Gasteiger partial charge in [0.2, 0.25) is 6.29 Å². The lowest BCUT2D eigenvalue weighted by Gasteiger charge is -2.40. The number of halogens is 3. The number of benzene rings is 2. The molecule has 2 fully saturated rings. The normalized spacial score (nSPS) is 26.9. The summed E-state index contributed by atoms with van der Waals surface area (Å²) >= 11 is 17.0. The zero-order chi connectivity index (χ0) is 26.6. The molecular formula is C25H24Cl3NO8. The topological polar surface area (TPSA) is 102 Å². The van der Waals surface area contributed by atoms with Crippen molar-refractivity contribution >= 4 is 53.1 Å². The smallest absolute Gasteiger partial charge is 0.338 e. The molecule has 198 valence electrons. The van der Waals surface area contributed by atoms with Gasteiger partial charge in [0.15, 0.2) is 18.3 Å². The van der Waals surface area contributed by atoms with E-state index in [1.807, 2.05) is 0 Å². The molecule has 5 atom stereocenters. The number of alkyl halides is 3. The number of carbonyl (C=O) groups excluding carboxylic acids is 2. The second kappa shape index (κ2) is 11.6. The summed E-state index contributed by atoms with van der Waals surface area (Å²) in [7, 11) is 0. The van der Waals surface area contributed by atoms with Crippen LogP contribution in [0, 0.1) is 0 Å². The van der Waals surface area contributed by atoms with Crippen LogP contribution in [0.4, 0.5) is 0 Å². The van der Waals surface area contributed by atoms with Gasteiger partial charge >= 0.3 is 11.9 Å². The number of esters is 2. The Bertz CT molecular complexity index is 1110. The highest BCUT2D eigenvalue weighted by atomic mass is 35.6. The van der Waals surface area contributed by atoms with Crippen molar-refractivity contribution in [3.8, 4) is 0 Å². The Hall–Kier alpha value is -2.40. The third-order valence-electron chi connectivity index (χ3n) is 5.47. The molecule has 2 saturated heterocycles. The van der Waals surface area contributed by atoms with Crippen LogP contribution < -0.4 is 0 Å². The number of hydrogen-bond donors (Lipinski definition) is 0. The van der Waals surface area contributed by atoms with Gasteiger partial charge in [-0.3, -0.25) is 0 Å². The molecule has 0 amide bonds. The molecule has 0 radical (unpaired) electrons. The first-order valence-electron chi connectivity index (χ1n) is 11.3. The van der Waals surface area contributed by atoms with E-state index in [0.717, 1.165) is 6.40 Å². The maximum absolute atomic E-state index is 12.9. The van der Waals surface area contributed by atoms with Crippen molar-refractivity contribution in [1.29, 1.82) is 0 Å². The first-order chi connectivity index (χ1) is 17.5. The Kier molecular flexibility index (Phi) is 8.63. The first kappa shape index (κ1) is 27.6. The molecule has 4 rings (SSSR count). The zero-order valence-electron chi connectivity index (χ0n) is 19.8. The van der Waals surface area contributed by atoms with Crippen LogP contribution >= 0.6 is 34.8 Å². The molecule has 0 unspecified atom stereocenters. The van der Waals surface area contributed by atoms with Crippen LogP contribution in [0.2, 0.25) is 0 Å². The van der Waals surface area contributed by atoms with Gasteiger partial charge in [0.05, 0.1) is 11.1 Å². The predicted octanol–water partition coefficient (Wildman–Crippen LogP) is 4.69. The van der Waals surface area contributed by atoms with Crippen LogP contribution in [0.15, 0.2) is 65.7 Å². The minimum Gasteiger partial charge on any atom is -0.459 e. The summed E-state index contributed by atoms with van der Waals surface area (Å²) in [5.74, 6) is -2.24. The highest BCUT2D eigenvalue weighted by Gasteiger charge is 2.58. The summed E-state index contributed by atoms with van der Waals surface area (Å²) in [6.45, 7) is 3.21. The molecule has 0 aromatic heterocycles. The zero-order valence-corrected chi connectivity index (χ0v) is 22.1. The summed E-state index contributed by atoms with van der Waals surface area (Å²) in [6.07, 6.45) is -3.95. The monoisotopic (exact) mass is 571 g/mol. The Morgan fingerprint density at radius 3 is 2.11 bits per heavy atom. The van der Waals surface area contributed by atoms with E-state index >= 15 is 0 Å². The van der Waals surface area contributed by atoms with Gasteiger partial charge in [-0.15, -0.1) is 0 Å². The predicted molar refractivity (Wildman–Crippen MR) is 135 cm³/mol. The largest absolute Gasteiger partial charge is 0.459 e. The fraction of sp³-hybridized carbons (Fsp3) is 0.400. The van der Waals surface area contributed by atoms with E-state index in [2.05, 4.69) is 4.99 Å². The number of rotatable bonds is 7. The third kappa shape index (κ3) is 7.34. The second-order valence-corrected chi connectivity index (χ2v) is 10.9. The van der Waals surface area contributed by atoms with Gasteiger partial charge < -0.3 is 28.4 Å². The number of fused-ring (bicyclic) bond motifs is 1. The van der Waals surface area contributed by atoms with E-state index in [9.17, 15) is 9.59 Å². The van der Waals surface area contributed by atoms with Gasteiger partial charge in [-0.05, 0) is 38.1 Å². The lowest BCUT2D eigenvalue weighted by atomic mass is 9.99. The molecule has 0 aliphatic carbocycles. The molecule has 2 heterocycles. The SMILES string of the molecule is CC1(C)O[C@H]2[C@@H](O1)[C@@H](COC(=O)c1ccccc1)O[C@@H](O/C=N/C(Cl)(Cl)Cl)[C@@H]2OC(=O)c1ccccc1. The van der Waals surface area contributed by atoms with Crippen molar-refractivity contribution in [2.45, 2.75) is 54.3 Å². The molecular weight excluding hydrogens is 549 g/mol. The highest BCUT2D eigenvalue weighted by Crippen LogP contribution is 2.39. The second-order valence-electron chi connectivity index (χ2n) is 8.65. The fourth-order valence-corrected chi connectivity index (χ4v) is 4.06. The molecule has 2 aromatic carbocycles.